The van der Waals surface area contributed by atoms with Crippen molar-refractivity contribution in [2.45, 2.75) is 33.4 Å². The highest BCUT2D eigenvalue weighted by Crippen LogP contribution is 2.35. The lowest BCUT2D eigenvalue weighted by molar-refractivity contribution is 0.0820. The molecule has 0 saturated carbocycles. The first kappa shape index (κ1) is 23.2. The van der Waals surface area contributed by atoms with Crippen molar-refractivity contribution in [1.82, 2.24) is 19.5 Å². The van der Waals surface area contributed by atoms with Crippen molar-refractivity contribution in [3.05, 3.63) is 75.3 Å². The minimum Gasteiger partial charge on any atom is -0.485 e. The van der Waals surface area contributed by atoms with Gasteiger partial charge in [0, 0.05) is 6.54 Å². The van der Waals surface area contributed by atoms with Crippen molar-refractivity contribution in [2.75, 3.05) is 11.9 Å². The van der Waals surface area contributed by atoms with E-state index < -0.39 is 13.0 Å². The standard InChI is InChI=1S/C23H21Cl2F2N5O/c1-13-3-4-16(14(2)5-13)8-28-22-20-23(30-11-29-20)32(12-31-22)9-15-6-17(24)21(18(25)7-15)33-10-19(26)27/h3-7,11-12,19,28H,8-10H2,1-2H3. The number of fused-ring (bicyclic) bond motifs is 1. The summed E-state index contributed by atoms with van der Waals surface area (Å²) < 4.78 is 31.7. The van der Waals surface area contributed by atoms with E-state index >= 15 is 0 Å². The Morgan fingerprint density at radius 2 is 1.82 bits per heavy atom. The molecule has 2 aliphatic heterocycles. The molecule has 0 radical (unpaired) electrons. The van der Waals surface area contributed by atoms with Crippen LogP contribution < -0.4 is 10.1 Å². The Morgan fingerprint density at radius 3 is 2.52 bits per heavy atom. The highest BCUT2D eigenvalue weighted by Gasteiger charge is 2.18. The first-order valence-corrected chi connectivity index (χ1v) is 10.9. The van der Waals surface area contributed by atoms with Crippen LogP contribution in [0, 0.1) is 13.8 Å². The highest BCUT2D eigenvalue weighted by atomic mass is 35.5. The molecule has 2 aromatic carbocycles. The first-order chi connectivity index (χ1) is 15.8. The van der Waals surface area contributed by atoms with E-state index in [1.165, 1.54) is 23.0 Å². The van der Waals surface area contributed by atoms with E-state index in [1.54, 1.807) is 18.5 Å². The average Bonchev–Trinajstić information content (AvgIpc) is 3.24. The van der Waals surface area contributed by atoms with E-state index in [0.717, 1.165) is 5.56 Å². The lowest BCUT2D eigenvalue weighted by Crippen LogP contribution is -2.12. The number of halogens is 4. The van der Waals surface area contributed by atoms with Crippen molar-refractivity contribution in [3.63, 3.8) is 0 Å². The molecular weight excluding hydrogens is 471 g/mol. The molecule has 172 valence electrons. The van der Waals surface area contributed by atoms with E-state index in [2.05, 4.69) is 52.3 Å². The molecule has 0 aliphatic carbocycles. The van der Waals surface area contributed by atoms with E-state index in [9.17, 15) is 8.78 Å². The summed E-state index contributed by atoms with van der Waals surface area (Å²) in [5.41, 5.74) is 4.96. The summed E-state index contributed by atoms with van der Waals surface area (Å²) in [6, 6.07) is 9.55. The van der Waals surface area contributed by atoms with Gasteiger partial charge < -0.3 is 14.6 Å². The van der Waals surface area contributed by atoms with Gasteiger partial charge in [0.15, 0.2) is 23.1 Å². The Hall–Kier alpha value is -2.97. The second-order valence-electron chi connectivity index (χ2n) is 7.64. The van der Waals surface area contributed by atoms with Crippen LogP contribution in [-0.4, -0.2) is 32.6 Å². The maximum Gasteiger partial charge on any atom is 0.272 e. The molecule has 0 bridgehead atoms. The molecule has 0 aromatic heterocycles. The minimum absolute atomic E-state index is 0.0368. The number of alkyl halides is 2. The van der Waals surface area contributed by atoms with Crippen molar-refractivity contribution in [1.29, 1.82) is 0 Å². The zero-order chi connectivity index (χ0) is 23.5. The number of imidazole rings is 1. The highest BCUT2D eigenvalue weighted by molar-refractivity contribution is 6.37. The SMILES string of the molecule is Cc1ccc(CNc2ncn(Cc3cc(Cl)c(OCC(F)F)c(Cl)c3)c3ncnc2-3)c(C)c1. The van der Waals surface area contributed by atoms with Crippen LogP contribution in [-0.2, 0) is 13.1 Å². The lowest BCUT2D eigenvalue weighted by Gasteiger charge is -2.16. The molecule has 0 spiro atoms. The fourth-order valence-corrected chi connectivity index (χ4v) is 4.17. The predicted molar refractivity (Wildman–Crippen MR) is 125 cm³/mol. The van der Waals surface area contributed by atoms with Gasteiger partial charge >= 0.3 is 0 Å². The van der Waals surface area contributed by atoms with Gasteiger partial charge in [-0.25, -0.2) is 23.7 Å². The van der Waals surface area contributed by atoms with Gasteiger partial charge in [0.25, 0.3) is 6.43 Å². The third kappa shape index (κ3) is 5.34. The number of ether oxygens (including phenoxy) is 1. The topological polar surface area (TPSA) is 64.9 Å². The molecule has 2 heterocycles. The first-order valence-electron chi connectivity index (χ1n) is 10.2. The summed E-state index contributed by atoms with van der Waals surface area (Å²) in [7, 11) is 0. The maximum atomic E-state index is 12.4. The molecule has 1 N–H and O–H groups in total. The molecule has 10 heteroatoms. The van der Waals surface area contributed by atoms with Gasteiger partial charge in [-0.15, -0.1) is 0 Å². The smallest absolute Gasteiger partial charge is 0.272 e. The van der Waals surface area contributed by atoms with E-state index in [0.29, 0.717) is 30.4 Å². The monoisotopic (exact) mass is 491 g/mol. The lowest BCUT2D eigenvalue weighted by atomic mass is 10.1. The second kappa shape index (κ2) is 9.89. The summed E-state index contributed by atoms with van der Waals surface area (Å²) >= 11 is 12.4. The third-order valence-corrected chi connectivity index (χ3v) is 5.67. The van der Waals surface area contributed by atoms with Gasteiger partial charge in [-0.05, 0) is 42.7 Å². The number of rotatable bonds is 8. The van der Waals surface area contributed by atoms with Crippen LogP contribution in [0.4, 0.5) is 14.6 Å². The quantitative estimate of drug-likeness (QED) is 0.327. The van der Waals surface area contributed by atoms with Gasteiger partial charge in [0.1, 0.15) is 12.9 Å². The van der Waals surface area contributed by atoms with Gasteiger partial charge in [0.2, 0.25) is 0 Å². The Labute approximate surface area is 199 Å². The van der Waals surface area contributed by atoms with Crippen LogP contribution in [0.25, 0.3) is 11.5 Å². The van der Waals surface area contributed by atoms with Crippen LogP contribution in [0.2, 0.25) is 10.0 Å². The summed E-state index contributed by atoms with van der Waals surface area (Å²) in [4.78, 5) is 13.3. The number of nitrogens with zero attached hydrogens (tertiary/aromatic N) is 4. The number of benzene rings is 2. The van der Waals surface area contributed by atoms with Crippen LogP contribution in [0.3, 0.4) is 0 Å². The minimum atomic E-state index is -2.62. The van der Waals surface area contributed by atoms with Crippen LogP contribution in [0.1, 0.15) is 22.3 Å². The van der Waals surface area contributed by atoms with Crippen molar-refractivity contribution < 1.29 is 13.5 Å². The molecule has 33 heavy (non-hydrogen) atoms. The Bertz CT molecular complexity index is 1220. The second-order valence-corrected chi connectivity index (χ2v) is 8.46. The van der Waals surface area contributed by atoms with Crippen molar-refractivity contribution in [3.8, 4) is 17.3 Å². The van der Waals surface area contributed by atoms with Crippen LogP contribution in [0.5, 0.6) is 5.75 Å². The molecule has 0 saturated heterocycles. The van der Waals surface area contributed by atoms with E-state index in [1.807, 2.05) is 4.57 Å². The van der Waals surface area contributed by atoms with E-state index in [4.69, 9.17) is 27.9 Å². The molecule has 2 aromatic rings. The van der Waals surface area contributed by atoms with E-state index in [-0.39, 0.29) is 15.8 Å². The zero-order valence-electron chi connectivity index (χ0n) is 17.9. The molecule has 0 unspecified atom stereocenters. The number of anilines is 1. The summed E-state index contributed by atoms with van der Waals surface area (Å²) in [6.07, 6.45) is 0.515. The van der Waals surface area contributed by atoms with Crippen molar-refractivity contribution >= 4 is 29.0 Å². The summed E-state index contributed by atoms with van der Waals surface area (Å²) in [6.45, 7) is 4.33. The Kier molecular flexibility index (Phi) is 6.95. The number of hydrogen-bond donors (Lipinski definition) is 1. The fraction of sp³-hybridized carbons (Fsp3) is 0.261. The van der Waals surface area contributed by atoms with Gasteiger partial charge in [-0.3, -0.25) is 0 Å². The van der Waals surface area contributed by atoms with Gasteiger partial charge in [-0.2, -0.15) is 0 Å². The number of hydrogen-bond acceptors (Lipinski definition) is 5. The zero-order valence-corrected chi connectivity index (χ0v) is 19.5. The Balaban J connectivity index is 1.53. The molecule has 6 nitrogen and oxygen atoms in total. The third-order valence-electron chi connectivity index (χ3n) is 5.11. The molecule has 2 aliphatic rings. The normalized spacial score (nSPS) is 11.4. The summed E-state index contributed by atoms with van der Waals surface area (Å²) in [5, 5.41) is 3.65. The summed E-state index contributed by atoms with van der Waals surface area (Å²) in [5.74, 6) is 1.30. The molecular formula is C23H21Cl2F2N5O. The number of aromatic nitrogens is 4. The van der Waals surface area contributed by atoms with Crippen molar-refractivity contribution in [2.24, 2.45) is 0 Å². The van der Waals surface area contributed by atoms with Gasteiger partial charge in [0.05, 0.1) is 22.9 Å². The van der Waals surface area contributed by atoms with Crippen LogP contribution >= 0.6 is 23.2 Å². The fourth-order valence-electron chi connectivity index (χ4n) is 3.53. The predicted octanol–water partition coefficient (Wildman–Crippen LogP) is 6.01. The molecule has 0 fully saturated rings. The molecule has 0 atom stereocenters. The average molecular weight is 492 g/mol. The molecule has 0 amide bonds. The largest absolute Gasteiger partial charge is 0.485 e. The number of nitrogens with one attached hydrogen (secondary N) is 1. The van der Waals surface area contributed by atoms with Crippen LogP contribution in [0.15, 0.2) is 43.0 Å². The van der Waals surface area contributed by atoms with Gasteiger partial charge in [-0.1, -0.05) is 47.0 Å². The molecule has 4 rings (SSSR count). The Morgan fingerprint density at radius 1 is 1.06 bits per heavy atom. The maximum absolute atomic E-state index is 12.4. The number of aryl methyl sites for hydroxylation is 2.